The Hall–Kier alpha value is -7.96. The van der Waals surface area contributed by atoms with E-state index in [0.717, 1.165) is 93.6 Å². The van der Waals surface area contributed by atoms with E-state index in [1.165, 1.54) is 83.0 Å². The van der Waals surface area contributed by atoms with Crippen molar-refractivity contribution in [3.8, 4) is 16.8 Å². The van der Waals surface area contributed by atoms with Gasteiger partial charge in [-0.25, -0.2) is 13.6 Å². The van der Waals surface area contributed by atoms with Crippen molar-refractivity contribution in [1.29, 1.82) is 0 Å². The Kier molecular flexibility index (Phi) is 7.67. The van der Waals surface area contributed by atoms with Crippen molar-refractivity contribution in [3.05, 3.63) is 182 Å². The molecule has 0 amide bonds. The number of fused-ring (bicyclic) bond motifs is 12. The molecule has 2 aliphatic rings. The minimum atomic E-state index is -0.225. The van der Waals surface area contributed by atoms with Crippen LogP contribution in [-0.2, 0) is 0 Å². The van der Waals surface area contributed by atoms with Crippen LogP contribution in [0.25, 0.3) is 93.8 Å². The van der Waals surface area contributed by atoms with Crippen molar-refractivity contribution >= 4 is 123 Å². The first-order valence-corrected chi connectivity index (χ1v) is 24.6. The smallest absolute Gasteiger partial charge is 0.340 e. The molecular weight excluding hydrogens is 856 g/mol. The molecule has 70 heavy (non-hydrogen) atoms. The minimum absolute atomic E-state index is 0.0883. The second kappa shape index (κ2) is 13.4. The normalized spacial score (nSPS) is 13.2. The molecular formula is C62H47B2N3O3. The molecule has 0 atom stereocenters. The quantitative estimate of drug-likeness (QED) is 0.166. The lowest BCUT2D eigenvalue weighted by molar-refractivity contribution is 0.669. The van der Waals surface area contributed by atoms with Gasteiger partial charge in [-0.15, -0.1) is 0 Å². The summed E-state index contributed by atoms with van der Waals surface area (Å²) in [5.41, 5.74) is 28.8. The SMILES string of the molecule is Cc1cc(C)c(B2c3cc(-c4c(C)cc(C)cc4C)cc4c3-n3c5c2c2cc6oc7ccccc7c6cc2n5c(=O)n2c5cc6c(cc5c(c32)B4c2c(C)cc(C)cc2C)oc2ccccc26)c(C)c1. The van der Waals surface area contributed by atoms with E-state index in [0.29, 0.717) is 0 Å². The van der Waals surface area contributed by atoms with Gasteiger partial charge in [-0.1, -0.05) is 135 Å². The fraction of sp³-hybridized carbons (Fsp3) is 0.145. The van der Waals surface area contributed by atoms with Crippen molar-refractivity contribution < 1.29 is 8.83 Å². The van der Waals surface area contributed by atoms with Crippen LogP contribution in [0.4, 0.5) is 0 Å². The van der Waals surface area contributed by atoms with Crippen molar-refractivity contribution in [2.24, 2.45) is 0 Å². The minimum Gasteiger partial charge on any atom is -0.456 e. The van der Waals surface area contributed by atoms with Crippen LogP contribution in [0.5, 0.6) is 0 Å². The van der Waals surface area contributed by atoms with Gasteiger partial charge in [0.25, 0.3) is 0 Å². The van der Waals surface area contributed by atoms with Gasteiger partial charge in [0.2, 0.25) is 13.4 Å². The molecule has 334 valence electrons. The fourth-order valence-electron chi connectivity index (χ4n) is 14.2. The largest absolute Gasteiger partial charge is 0.456 e. The maximum atomic E-state index is 16.5. The van der Waals surface area contributed by atoms with E-state index in [-0.39, 0.29) is 19.1 Å². The number of benzene rings is 8. The number of hydrogen-bond acceptors (Lipinski definition) is 3. The first-order chi connectivity index (χ1) is 33.8. The summed E-state index contributed by atoms with van der Waals surface area (Å²) in [6.07, 6.45) is 0. The molecule has 0 fully saturated rings. The summed E-state index contributed by atoms with van der Waals surface area (Å²) in [5, 5.41) is 6.09. The van der Waals surface area contributed by atoms with E-state index in [9.17, 15) is 0 Å². The van der Waals surface area contributed by atoms with Crippen LogP contribution in [0.1, 0.15) is 50.1 Å². The summed E-state index contributed by atoms with van der Waals surface area (Å²) in [5.74, 6) is 0. The Morgan fingerprint density at radius 1 is 0.400 bits per heavy atom. The zero-order valence-electron chi connectivity index (χ0n) is 40.8. The molecule has 15 rings (SSSR count). The van der Waals surface area contributed by atoms with E-state index in [1.54, 1.807) is 0 Å². The Balaban J connectivity index is 1.25. The summed E-state index contributed by atoms with van der Waals surface area (Å²) < 4.78 is 20.0. The molecule has 5 aromatic heterocycles. The third kappa shape index (κ3) is 4.93. The van der Waals surface area contributed by atoms with Gasteiger partial charge in [0, 0.05) is 38.0 Å². The molecule has 2 aliphatic heterocycles. The van der Waals surface area contributed by atoms with Gasteiger partial charge in [0.15, 0.2) is 0 Å². The lowest BCUT2D eigenvalue weighted by Gasteiger charge is -2.36. The number of aryl methyl sites for hydroxylation is 9. The molecule has 7 heterocycles. The molecule has 0 spiro atoms. The highest BCUT2D eigenvalue weighted by Crippen LogP contribution is 2.39. The van der Waals surface area contributed by atoms with Crippen LogP contribution < -0.4 is 38.5 Å². The lowest BCUT2D eigenvalue weighted by atomic mass is 9.30. The molecule has 13 aromatic rings. The highest BCUT2D eigenvalue weighted by molar-refractivity contribution is 7.03. The van der Waals surface area contributed by atoms with Crippen LogP contribution in [0.2, 0.25) is 0 Å². The molecule has 8 aromatic carbocycles. The summed E-state index contributed by atoms with van der Waals surface area (Å²) in [6, 6.07) is 44.4. The standard InChI is InChI=1S/C62H47B2N3O3/c1-30-18-33(4)54(34(5)19-30)39-24-46-59-47(25-39)64(56-37(8)22-32(3)23-38(56)9)58-45-29-53-43(41-15-11-13-17-51(41)70-53)27-49(45)66-61(58)67(59)60-57(63(46)55-35(6)20-31(2)21-36(55)7)44-28-52-42(26-48(44)65(60)62(66)68)40-14-10-12-16-50(40)69-52/h10-29H,1-9H3. The summed E-state index contributed by atoms with van der Waals surface area (Å²) >= 11 is 0. The van der Waals surface area contributed by atoms with Crippen LogP contribution >= 0.6 is 0 Å². The van der Waals surface area contributed by atoms with Gasteiger partial charge in [-0.3, -0.25) is 4.57 Å². The Morgan fingerprint density at radius 3 is 1.23 bits per heavy atom. The molecule has 8 heteroatoms. The van der Waals surface area contributed by atoms with Gasteiger partial charge >= 0.3 is 5.69 Å². The molecule has 0 aliphatic carbocycles. The maximum absolute atomic E-state index is 16.5. The second-order valence-electron chi connectivity index (χ2n) is 21.0. The van der Waals surface area contributed by atoms with Crippen LogP contribution in [0, 0.1) is 62.3 Å². The van der Waals surface area contributed by atoms with E-state index in [2.05, 4.69) is 164 Å². The summed E-state index contributed by atoms with van der Waals surface area (Å²) in [4.78, 5) is 16.5. The predicted molar refractivity (Wildman–Crippen MR) is 294 cm³/mol. The topological polar surface area (TPSA) is 57.1 Å². The second-order valence-corrected chi connectivity index (χ2v) is 21.0. The molecule has 0 N–H and O–H groups in total. The number of nitrogens with zero attached hydrogens (tertiary/aromatic N) is 3. The highest BCUT2D eigenvalue weighted by atomic mass is 16.3. The monoisotopic (exact) mass is 903 g/mol. The van der Waals surface area contributed by atoms with E-state index < -0.39 is 0 Å². The van der Waals surface area contributed by atoms with Crippen molar-refractivity contribution in [3.63, 3.8) is 0 Å². The average molecular weight is 904 g/mol. The highest BCUT2D eigenvalue weighted by Gasteiger charge is 2.46. The van der Waals surface area contributed by atoms with Crippen molar-refractivity contribution in [2.75, 3.05) is 0 Å². The molecule has 0 saturated heterocycles. The molecule has 0 bridgehead atoms. The number of rotatable bonds is 3. The first kappa shape index (κ1) is 40.0. The van der Waals surface area contributed by atoms with Gasteiger partial charge in [0.1, 0.15) is 33.6 Å². The van der Waals surface area contributed by atoms with Gasteiger partial charge in [-0.2, -0.15) is 0 Å². The number of furan rings is 2. The Bertz CT molecular complexity index is 4360. The van der Waals surface area contributed by atoms with E-state index in [1.807, 2.05) is 33.1 Å². The van der Waals surface area contributed by atoms with E-state index >= 15 is 4.79 Å². The third-order valence-electron chi connectivity index (χ3n) is 16.4. The van der Waals surface area contributed by atoms with Gasteiger partial charge in [0.05, 0.1) is 11.0 Å². The predicted octanol–water partition coefficient (Wildman–Crippen LogP) is 10.6. The van der Waals surface area contributed by atoms with Crippen LogP contribution in [-0.4, -0.2) is 26.8 Å². The number of hydrogen-bond donors (Lipinski definition) is 0. The Labute approximate surface area is 404 Å². The van der Waals surface area contributed by atoms with Crippen LogP contribution in [0.15, 0.2) is 135 Å². The summed E-state index contributed by atoms with van der Waals surface area (Å²) in [7, 11) is 0. The lowest BCUT2D eigenvalue weighted by Crippen LogP contribution is -2.65. The molecule has 0 saturated carbocycles. The van der Waals surface area contributed by atoms with Gasteiger partial charge in [-0.05, 0) is 143 Å². The average Bonchev–Trinajstić information content (AvgIpc) is 4.05. The molecule has 6 nitrogen and oxygen atoms in total. The van der Waals surface area contributed by atoms with Gasteiger partial charge < -0.3 is 8.83 Å². The molecule has 0 unspecified atom stereocenters. The van der Waals surface area contributed by atoms with Crippen molar-refractivity contribution in [1.82, 2.24) is 13.4 Å². The third-order valence-corrected chi connectivity index (χ3v) is 16.4. The summed E-state index contributed by atoms with van der Waals surface area (Å²) in [6.45, 7) is 19.8. The first-order valence-electron chi connectivity index (χ1n) is 24.6. The zero-order valence-corrected chi connectivity index (χ0v) is 40.8. The molecule has 0 radical (unpaired) electrons. The van der Waals surface area contributed by atoms with Crippen LogP contribution in [0.3, 0.4) is 0 Å². The zero-order chi connectivity index (χ0) is 47.5. The fourth-order valence-corrected chi connectivity index (χ4v) is 14.2. The number of aromatic nitrogens is 3. The van der Waals surface area contributed by atoms with E-state index in [4.69, 9.17) is 8.83 Å². The van der Waals surface area contributed by atoms with Crippen molar-refractivity contribution in [2.45, 2.75) is 62.3 Å². The number of para-hydroxylation sites is 2. The Morgan fingerprint density at radius 2 is 0.800 bits per heavy atom. The maximum Gasteiger partial charge on any atom is 0.340 e.